The lowest BCUT2D eigenvalue weighted by molar-refractivity contribution is -0.0683. The Hall–Kier alpha value is -0.390. The van der Waals surface area contributed by atoms with E-state index < -0.39 is 0 Å². The Labute approximate surface area is 117 Å². The second-order valence-corrected chi connectivity index (χ2v) is 5.66. The molecule has 0 aliphatic carbocycles. The third-order valence-corrected chi connectivity index (χ3v) is 3.97. The fourth-order valence-corrected chi connectivity index (χ4v) is 2.94. The summed E-state index contributed by atoms with van der Waals surface area (Å²) in [6, 6.07) is 2.19. The number of alkyl halides is 1. The van der Waals surface area contributed by atoms with Gasteiger partial charge in [-0.15, -0.1) is 0 Å². The third-order valence-electron chi connectivity index (χ3n) is 3.24. The van der Waals surface area contributed by atoms with Crippen molar-refractivity contribution in [2.75, 3.05) is 18.4 Å². The van der Waals surface area contributed by atoms with Crippen molar-refractivity contribution in [3.63, 3.8) is 0 Å². The molecule has 0 N–H and O–H groups in total. The normalized spacial score (nSPS) is 25.6. The number of nitrogens with zero attached hydrogens (tertiary/aromatic N) is 3. The van der Waals surface area contributed by atoms with Crippen LogP contribution in [-0.4, -0.2) is 45.3 Å². The van der Waals surface area contributed by atoms with Crippen molar-refractivity contribution in [1.82, 2.24) is 14.7 Å². The van der Waals surface area contributed by atoms with Gasteiger partial charge in [0, 0.05) is 31.5 Å². The van der Waals surface area contributed by atoms with E-state index in [-0.39, 0.29) is 0 Å². The summed E-state index contributed by atoms with van der Waals surface area (Å²) in [5, 5.41) is 5.41. The number of hydrogen-bond acceptors (Lipinski definition) is 3. The zero-order chi connectivity index (χ0) is 13.1. The maximum atomic E-state index is 5.85. The van der Waals surface area contributed by atoms with Gasteiger partial charge in [-0.05, 0) is 26.8 Å². The predicted octanol–water partition coefficient (Wildman–Crippen LogP) is 2.20. The van der Waals surface area contributed by atoms with Gasteiger partial charge in [0.25, 0.3) is 0 Å². The van der Waals surface area contributed by atoms with Crippen molar-refractivity contribution in [2.24, 2.45) is 0 Å². The van der Waals surface area contributed by atoms with Gasteiger partial charge in [-0.3, -0.25) is 9.58 Å². The van der Waals surface area contributed by atoms with Crippen molar-refractivity contribution >= 4 is 15.9 Å². The number of halogens is 1. The average Bonchev–Trinajstić information content (AvgIpc) is 2.68. The molecule has 0 spiro atoms. The molecule has 2 atom stereocenters. The molecule has 0 saturated carbocycles. The molecule has 1 aliphatic heterocycles. The highest BCUT2D eigenvalue weighted by atomic mass is 79.9. The molecule has 1 aromatic heterocycles. The van der Waals surface area contributed by atoms with E-state index >= 15 is 0 Å². The monoisotopic (exact) mass is 315 g/mol. The van der Waals surface area contributed by atoms with Crippen molar-refractivity contribution in [3.05, 3.63) is 17.5 Å². The summed E-state index contributed by atoms with van der Waals surface area (Å²) in [5.74, 6) is 0. The summed E-state index contributed by atoms with van der Waals surface area (Å²) in [6.45, 7) is 10.2. The van der Waals surface area contributed by atoms with Crippen molar-refractivity contribution in [3.8, 4) is 0 Å². The van der Waals surface area contributed by atoms with Crippen LogP contribution >= 0.6 is 15.9 Å². The van der Waals surface area contributed by atoms with Gasteiger partial charge in [0.15, 0.2) is 0 Å². The summed E-state index contributed by atoms with van der Waals surface area (Å²) >= 11 is 3.51. The lowest BCUT2D eigenvalue weighted by Crippen LogP contribution is -2.46. The van der Waals surface area contributed by atoms with Crippen molar-refractivity contribution in [1.29, 1.82) is 0 Å². The first-order valence-corrected chi connectivity index (χ1v) is 7.71. The van der Waals surface area contributed by atoms with Crippen LogP contribution in [0.5, 0.6) is 0 Å². The Morgan fingerprint density at radius 1 is 1.50 bits per heavy atom. The lowest BCUT2D eigenvalue weighted by Gasteiger charge is -2.36. The molecule has 0 amide bonds. The van der Waals surface area contributed by atoms with Crippen LogP contribution in [0.3, 0.4) is 0 Å². The Morgan fingerprint density at radius 3 is 2.94 bits per heavy atom. The number of hydrogen-bond donors (Lipinski definition) is 0. The minimum atomic E-state index is 0.299. The fourth-order valence-electron chi connectivity index (χ4n) is 2.58. The quantitative estimate of drug-likeness (QED) is 0.798. The largest absolute Gasteiger partial charge is 0.372 e. The fraction of sp³-hybridized carbons (Fsp3) is 0.769. The Morgan fingerprint density at radius 2 is 2.28 bits per heavy atom. The van der Waals surface area contributed by atoms with Crippen molar-refractivity contribution in [2.45, 2.75) is 46.1 Å². The highest BCUT2D eigenvalue weighted by Crippen LogP contribution is 2.16. The van der Waals surface area contributed by atoms with E-state index in [0.29, 0.717) is 12.2 Å². The van der Waals surface area contributed by atoms with Gasteiger partial charge in [0.1, 0.15) is 0 Å². The first-order valence-electron chi connectivity index (χ1n) is 6.59. The average molecular weight is 316 g/mol. The molecule has 5 heteroatoms. The van der Waals surface area contributed by atoms with E-state index in [1.807, 2.05) is 0 Å². The summed E-state index contributed by atoms with van der Waals surface area (Å²) < 4.78 is 7.95. The lowest BCUT2D eigenvalue weighted by atomic mass is 10.2. The molecule has 1 fully saturated rings. The Bertz CT molecular complexity index is 394. The van der Waals surface area contributed by atoms with E-state index in [4.69, 9.17) is 4.74 Å². The molecule has 2 heterocycles. The predicted molar refractivity (Wildman–Crippen MR) is 76.0 cm³/mol. The van der Waals surface area contributed by atoms with Crippen LogP contribution < -0.4 is 0 Å². The zero-order valence-electron chi connectivity index (χ0n) is 11.4. The maximum Gasteiger partial charge on any atom is 0.0802 e. The summed E-state index contributed by atoms with van der Waals surface area (Å²) in [7, 11) is 0. The SMILES string of the molecule is CCn1nc(C)cc1CN1CC(C)OC(CBr)C1. The molecule has 1 saturated heterocycles. The van der Waals surface area contributed by atoms with Gasteiger partial charge >= 0.3 is 0 Å². The smallest absolute Gasteiger partial charge is 0.0802 e. The van der Waals surface area contributed by atoms with Crippen LogP contribution in [0.4, 0.5) is 0 Å². The molecule has 0 radical (unpaired) electrons. The molecular formula is C13H22BrN3O. The molecular weight excluding hydrogens is 294 g/mol. The van der Waals surface area contributed by atoms with E-state index in [1.54, 1.807) is 0 Å². The van der Waals surface area contributed by atoms with Crippen molar-refractivity contribution < 1.29 is 4.74 Å². The van der Waals surface area contributed by atoms with Gasteiger partial charge in [-0.2, -0.15) is 5.10 Å². The van der Waals surface area contributed by atoms with E-state index in [2.05, 4.69) is 57.4 Å². The molecule has 18 heavy (non-hydrogen) atoms. The third kappa shape index (κ3) is 3.33. The van der Waals surface area contributed by atoms with E-state index in [9.17, 15) is 0 Å². The molecule has 2 rings (SSSR count). The van der Waals surface area contributed by atoms with Crippen LogP contribution in [-0.2, 0) is 17.8 Å². The topological polar surface area (TPSA) is 30.3 Å². The number of ether oxygens (including phenoxy) is 1. The molecule has 0 bridgehead atoms. The first-order chi connectivity index (χ1) is 8.62. The van der Waals surface area contributed by atoms with Gasteiger partial charge in [-0.1, -0.05) is 15.9 Å². The highest BCUT2D eigenvalue weighted by Gasteiger charge is 2.25. The van der Waals surface area contributed by atoms with Crippen LogP contribution in [0.15, 0.2) is 6.07 Å². The minimum Gasteiger partial charge on any atom is -0.372 e. The number of aromatic nitrogens is 2. The van der Waals surface area contributed by atoms with E-state index in [0.717, 1.165) is 37.2 Å². The van der Waals surface area contributed by atoms with Crippen LogP contribution in [0.2, 0.25) is 0 Å². The summed E-state index contributed by atoms with van der Waals surface area (Å²) in [6.07, 6.45) is 0.605. The Kier molecular flexibility index (Phi) is 4.81. The second-order valence-electron chi connectivity index (χ2n) is 5.01. The molecule has 102 valence electrons. The molecule has 2 unspecified atom stereocenters. The standard InChI is InChI=1S/C13H22BrN3O/c1-4-17-12(5-10(2)15-17)8-16-7-11(3)18-13(6-14)9-16/h5,11,13H,4,6-9H2,1-3H3. The number of aryl methyl sites for hydroxylation is 2. The van der Waals surface area contributed by atoms with Gasteiger partial charge in [-0.25, -0.2) is 0 Å². The van der Waals surface area contributed by atoms with Gasteiger partial charge in [0.05, 0.1) is 23.6 Å². The van der Waals surface area contributed by atoms with Gasteiger partial charge in [0.2, 0.25) is 0 Å². The zero-order valence-corrected chi connectivity index (χ0v) is 13.0. The molecule has 1 aromatic rings. The number of rotatable bonds is 4. The van der Waals surface area contributed by atoms with Gasteiger partial charge < -0.3 is 4.74 Å². The summed E-state index contributed by atoms with van der Waals surface area (Å²) in [5.41, 5.74) is 2.41. The van der Waals surface area contributed by atoms with E-state index in [1.165, 1.54) is 5.69 Å². The van der Waals surface area contributed by atoms with Crippen LogP contribution in [0.25, 0.3) is 0 Å². The minimum absolute atomic E-state index is 0.299. The molecule has 4 nitrogen and oxygen atoms in total. The van der Waals surface area contributed by atoms with Crippen LogP contribution in [0, 0.1) is 6.92 Å². The second kappa shape index (κ2) is 6.17. The first kappa shape index (κ1) is 14.0. The number of morpholine rings is 1. The highest BCUT2D eigenvalue weighted by molar-refractivity contribution is 9.09. The Balaban J connectivity index is 2.03. The molecule has 0 aromatic carbocycles. The summed E-state index contributed by atoms with van der Waals surface area (Å²) in [4.78, 5) is 2.46. The van der Waals surface area contributed by atoms with Crippen LogP contribution in [0.1, 0.15) is 25.2 Å². The molecule has 1 aliphatic rings. The maximum absolute atomic E-state index is 5.85.